The number of rotatable bonds is 2. The fraction of sp³-hybridized carbons (Fsp3) is 0.0909. The molecule has 0 spiro atoms. The van der Waals surface area contributed by atoms with Crippen LogP contribution >= 0.6 is 27.3 Å². The van der Waals surface area contributed by atoms with Crippen LogP contribution in [0.1, 0.15) is 15.9 Å². The topological polar surface area (TPSA) is 42.0 Å². The van der Waals surface area contributed by atoms with Gasteiger partial charge in [-0.2, -0.15) is 0 Å². The van der Waals surface area contributed by atoms with Gasteiger partial charge in [-0.05, 0) is 46.6 Å². The molecule has 1 heterocycles. The average molecular weight is 315 g/mol. The molecule has 6 heteroatoms. The molecule has 88 valence electrons. The molecule has 1 aromatic heterocycles. The summed E-state index contributed by atoms with van der Waals surface area (Å²) in [6.07, 6.45) is 1.61. The normalized spacial score (nSPS) is 10.3. The van der Waals surface area contributed by atoms with Gasteiger partial charge in [-0.3, -0.25) is 10.1 Å². The minimum atomic E-state index is -0.321. The Morgan fingerprint density at radius 3 is 2.88 bits per heavy atom. The first-order chi connectivity index (χ1) is 8.06. The summed E-state index contributed by atoms with van der Waals surface area (Å²) in [5.74, 6) is -0.617. The minimum Gasteiger partial charge on any atom is -0.298 e. The van der Waals surface area contributed by atoms with E-state index in [9.17, 15) is 9.18 Å². The Morgan fingerprint density at radius 2 is 2.29 bits per heavy atom. The highest BCUT2D eigenvalue weighted by Crippen LogP contribution is 2.23. The summed E-state index contributed by atoms with van der Waals surface area (Å²) < 4.78 is 13.9. The van der Waals surface area contributed by atoms with E-state index in [1.54, 1.807) is 13.1 Å². The number of benzene rings is 1. The molecule has 0 fully saturated rings. The monoisotopic (exact) mass is 314 g/mol. The fourth-order valence-corrected chi connectivity index (χ4v) is 2.37. The van der Waals surface area contributed by atoms with E-state index in [2.05, 4.69) is 26.2 Å². The Kier molecular flexibility index (Phi) is 3.54. The van der Waals surface area contributed by atoms with Crippen LogP contribution in [0.4, 0.5) is 9.52 Å². The van der Waals surface area contributed by atoms with Crippen molar-refractivity contribution in [1.82, 2.24) is 4.98 Å². The van der Waals surface area contributed by atoms with E-state index in [1.807, 2.05) is 0 Å². The van der Waals surface area contributed by atoms with Crippen LogP contribution in [0.3, 0.4) is 0 Å². The van der Waals surface area contributed by atoms with Crippen molar-refractivity contribution >= 4 is 38.3 Å². The van der Waals surface area contributed by atoms with E-state index in [1.165, 1.54) is 29.5 Å². The average Bonchev–Trinajstić information content (AvgIpc) is 2.68. The molecule has 0 unspecified atom stereocenters. The lowest BCUT2D eigenvalue weighted by molar-refractivity contribution is 0.102. The van der Waals surface area contributed by atoms with Gasteiger partial charge in [0.05, 0.1) is 9.98 Å². The van der Waals surface area contributed by atoms with Gasteiger partial charge in [0.15, 0.2) is 5.13 Å². The van der Waals surface area contributed by atoms with E-state index in [-0.39, 0.29) is 11.7 Å². The first-order valence-electron chi connectivity index (χ1n) is 4.75. The molecule has 2 aromatic rings. The van der Waals surface area contributed by atoms with Crippen LogP contribution in [-0.4, -0.2) is 10.9 Å². The number of hydrogen-bond acceptors (Lipinski definition) is 3. The van der Waals surface area contributed by atoms with Crippen molar-refractivity contribution in [2.75, 3.05) is 5.32 Å². The van der Waals surface area contributed by atoms with Gasteiger partial charge in [0, 0.05) is 5.56 Å². The number of anilines is 1. The maximum absolute atomic E-state index is 13.0. The second-order valence-electron chi connectivity index (χ2n) is 3.39. The number of aromatic nitrogens is 1. The molecule has 0 radical (unpaired) electrons. The largest absolute Gasteiger partial charge is 0.298 e. The van der Waals surface area contributed by atoms with Crippen LogP contribution in [-0.2, 0) is 0 Å². The molecule has 17 heavy (non-hydrogen) atoms. The Bertz CT molecular complexity index is 570. The fourth-order valence-electron chi connectivity index (χ4n) is 1.27. The van der Waals surface area contributed by atoms with Crippen molar-refractivity contribution in [3.63, 3.8) is 0 Å². The molecule has 3 nitrogen and oxygen atoms in total. The lowest BCUT2D eigenvalue weighted by atomic mass is 10.1. The highest BCUT2D eigenvalue weighted by Gasteiger charge is 2.09. The summed E-state index contributed by atoms with van der Waals surface area (Å²) in [6, 6.07) is 4.23. The first-order valence-corrected chi connectivity index (χ1v) is 6.36. The standard InChI is InChI=1S/C11H8BrFN2OS/c1-6-4-7(2-3-8(6)13)10(16)15-11-14-5-9(12)17-11/h2-5H,1H3,(H,14,15,16). The van der Waals surface area contributed by atoms with E-state index < -0.39 is 0 Å². The number of aryl methyl sites for hydroxylation is 1. The molecule has 0 saturated carbocycles. The molecule has 1 amide bonds. The summed E-state index contributed by atoms with van der Waals surface area (Å²) >= 11 is 4.57. The molecule has 0 aliphatic heterocycles. The molecular weight excluding hydrogens is 307 g/mol. The van der Waals surface area contributed by atoms with Gasteiger partial charge in [0.25, 0.3) is 5.91 Å². The van der Waals surface area contributed by atoms with Crippen molar-refractivity contribution in [3.05, 3.63) is 45.1 Å². The summed E-state index contributed by atoms with van der Waals surface area (Å²) in [5, 5.41) is 3.15. The molecule has 0 bridgehead atoms. The molecule has 2 rings (SSSR count). The number of halogens is 2. The van der Waals surface area contributed by atoms with Gasteiger partial charge in [-0.15, -0.1) is 0 Å². The van der Waals surface area contributed by atoms with Gasteiger partial charge in [-0.1, -0.05) is 11.3 Å². The van der Waals surface area contributed by atoms with Crippen LogP contribution in [0.15, 0.2) is 28.2 Å². The Morgan fingerprint density at radius 1 is 1.53 bits per heavy atom. The van der Waals surface area contributed by atoms with E-state index in [0.29, 0.717) is 16.3 Å². The van der Waals surface area contributed by atoms with Crippen LogP contribution in [0.5, 0.6) is 0 Å². The highest BCUT2D eigenvalue weighted by atomic mass is 79.9. The number of hydrogen-bond donors (Lipinski definition) is 1. The first kappa shape index (κ1) is 12.2. The Hall–Kier alpha value is -1.27. The van der Waals surface area contributed by atoms with Gasteiger partial charge in [0.2, 0.25) is 0 Å². The maximum Gasteiger partial charge on any atom is 0.257 e. The van der Waals surface area contributed by atoms with Gasteiger partial charge in [-0.25, -0.2) is 9.37 Å². The molecule has 0 saturated heterocycles. The van der Waals surface area contributed by atoms with Crippen molar-refractivity contribution in [1.29, 1.82) is 0 Å². The van der Waals surface area contributed by atoms with Gasteiger partial charge in [0.1, 0.15) is 5.82 Å². The van der Waals surface area contributed by atoms with Crippen molar-refractivity contribution < 1.29 is 9.18 Å². The van der Waals surface area contributed by atoms with Gasteiger partial charge >= 0.3 is 0 Å². The smallest absolute Gasteiger partial charge is 0.257 e. The van der Waals surface area contributed by atoms with Crippen LogP contribution in [0.2, 0.25) is 0 Å². The van der Waals surface area contributed by atoms with Crippen LogP contribution < -0.4 is 5.32 Å². The lowest BCUT2D eigenvalue weighted by Crippen LogP contribution is -2.11. The van der Waals surface area contributed by atoms with Crippen molar-refractivity contribution in [3.8, 4) is 0 Å². The van der Waals surface area contributed by atoms with Crippen LogP contribution in [0, 0.1) is 12.7 Å². The number of nitrogens with one attached hydrogen (secondary N) is 1. The Balaban J connectivity index is 2.17. The third-order valence-electron chi connectivity index (χ3n) is 2.12. The zero-order valence-corrected chi connectivity index (χ0v) is 11.2. The second kappa shape index (κ2) is 4.93. The summed E-state index contributed by atoms with van der Waals surface area (Å²) in [7, 11) is 0. The molecule has 0 aliphatic carbocycles. The molecular formula is C11H8BrFN2OS. The molecule has 1 aromatic carbocycles. The summed E-state index contributed by atoms with van der Waals surface area (Å²) in [6.45, 7) is 1.62. The predicted octanol–water partition coefficient (Wildman–Crippen LogP) is 3.61. The SMILES string of the molecule is Cc1cc(C(=O)Nc2ncc(Br)s2)ccc1F. The second-order valence-corrected chi connectivity index (χ2v) is 5.80. The Labute approximate surface area is 110 Å². The van der Waals surface area contributed by atoms with Crippen molar-refractivity contribution in [2.24, 2.45) is 0 Å². The predicted molar refractivity (Wildman–Crippen MR) is 68.9 cm³/mol. The third-order valence-corrected chi connectivity index (χ3v) is 3.51. The van der Waals surface area contributed by atoms with Crippen molar-refractivity contribution in [2.45, 2.75) is 6.92 Å². The zero-order chi connectivity index (χ0) is 12.4. The summed E-state index contributed by atoms with van der Waals surface area (Å²) in [5.41, 5.74) is 0.855. The number of amides is 1. The quantitative estimate of drug-likeness (QED) is 0.920. The lowest BCUT2D eigenvalue weighted by Gasteiger charge is -2.03. The minimum absolute atomic E-state index is 0.296. The maximum atomic E-state index is 13.0. The van der Waals surface area contributed by atoms with Crippen LogP contribution in [0.25, 0.3) is 0 Å². The third kappa shape index (κ3) is 2.89. The number of carbonyl (C=O) groups is 1. The number of carbonyl (C=O) groups excluding carboxylic acids is 1. The molecule has 0 atom stereocenters. The zero-order valence-electron chi connectivity index (χ0n) is 8.83. The number of thiazole rings is 1. The highest BCUT2D eigenvalue weighted by molar-refractivity contribution is 9.11. The van der Waals surface area contributed by atoms with E-state index >= 15 is 0 Å². The van der Waals surface area contributed by atoms with Gasteiger partial charge < -0.3 is 0 Å². The molecule has 0 aliphatic rings. The van der Waals surface area contributed by atoms with E-state index in [4.69, 9.17) is 0 Å². The molecule has 1 N–H and O–H groups in total. The summed E-state index contributed by atoms with van der Waals surface area (Å²) in [4.78, 5) is 15.8. The number of nitrogens with zero attached hydrogens (tertiary/aromatic N) is 1. The van der Waals surface area contributed by atoms with E-state index in [0.717, 1.165) is 3.79 Å².